The predicted molar refractivity (Wildman–Crippen MR) is 277 cm³/mol. The number of hydrogen-bond acceptors (Lipinski definition) is 15. The first-order chi connectivity index (χ1) is 34.4. The van der Waals surface area contributed by atoms with Gasteiger partial charge in [0.1, 0.15) is 23.3 Å². The van der Waals surface area contributed by atoms with E-state index >= 15 is 0 Å². The number of rotatable bonds is 15. The topological polar surface area (TPSA) is 212 Å². The van der Waals surface area contributed by atoms with Gasteiger partial charge in [-0.25, -0.2) is 47.1 Å². The number of imidazole rings is 2. The second-order valence-electron chi connectivity index (χ2n) is 18.1. The first-order valence-corrected chi connectivity index (χ1v) is 29.0. The molecule has 0 saturated heterocycles. The average Bonchev–Trinajstić information content (AvgIpc) is 4.10. The molecule has 4 aliphatic rings. The van der Waals surface area contributed by atoms with E-state index in [1.165, 1.54) is 56.7 Å². The summed E-state index contributed by atoms with van der Waals surface area (Å²) in [7, 11) is -2.26. The summed E-state index contributed by atoms with van der Waals surface area (Å²) < 4.78 is 78.2. The van der Waals surface area contributed by atoms with E-state index in [-0.39, 0.29) is 36.9 Å². The smallest absolute Gasteiger partial charge is 0.264 e. The molecule has 0 radical (unpaired) electrons. The molecule has 2 saturated carbocycles. The van der Waals surface area contributed by atoms with E-state index in [4.69, 9.17) is 24.1 Å². The van der Waals surface area contributed by atoms with Crippen LogP contribution in [0.4, 0.5) is 20.7 Å². The fraction of sp³-hybridized carbons (Fsp3) is 0.480. The highest BCUT2D eigenvalue weighted by Crippen LogP contribution is 2.41. The fourth-order valence-corrected chi connectivity index (χ4v) is 9.25. The molecule has 2 atom stereocenters. The predicted octanol–water partition coefficient (Wildman–Crippen LogP) is 8.70. The zero-order valence-electron chi connectivity index (χ0n) is 41.3. The van der Waals surface area contributed by atoms with Gasteiger partial charge in [-0.1, -0.05) is 20.8 Å². The van der Waals surface area contributed by atoms with Crippen LogP contribution in [0.2, 0.25) is 0 Å². The Kier molecular flexibility index (Phi) is 18.5. The minimum absolute atomic E-state index is 0.0234. The lowest BCUT2D eigenvalue weighted by Gasteiger charge is -2.26. The van der Waals surface area contributed by atoms with Crippen molar-refractivity contribution in [2.24, 2.45) is 0 Å². The van der Waals surface area contributed by atoms with Crippen LogP contribution in [0.15, 0.2) is 73.1 Å². The number of anilines is 2. The summed E-state index contributed by atoms with van der Waals surface area (Å²) in [5.41, 5.74) is 6.09. The Labute approximate surface area is 425 Å². The van der Waals surface area contributed by atoms with Gasteiger partial charge in [0.25, 0.3) is 10.1 Å². The average molecular weight is 1050 g/mol. The molecule has 2 aromatic carbocycles. The monoisotopic (exact) mass is 1050 g/mol. The van der Waals surface area contributed by atoms with E-state index in [2.05, 4.69) is 61.5 Å². The van der Waals surface area contributed by atoms with Gasteiger partial charge in [0, 0.05) is 59.1 Å². The van der Waals surface area contributed by atoms with Crippen LogP contribution in [0.5, 0.6) is 0 Å². The molecular weight excluding hydrogens is 988 g/mol. The third-order valence-corrected chi connectivity index (χ3v) is 13.6. The fourth-order valence-electron chi connectivity index (χ4n) is 8.85. The van der Waals surface area contributed by atoms with Crippen LogP contribution >= 0.6 is 10.7 Å². The maximum absolute atomic E-state index is 13.5. The molecule has 0 amide bonds. The van der Waals surface area contributed by atoms with Gasteiger partial charge in [-0.15, -0.1) is 0 Å². The number of aliphatic hydroxyl groups excluding tert-OH is 1. The van der Waals surface area contributed by atoms with Crippen LogP contribution in [-0.2, 0) is 36.2 Å². The zero-order valence-corrected chi connectivity index (χ0v) is 43.7. The van der Waals surface area contributed by atoms with Gasteiger partial charge >= 0.3 is 0 Å². The lowest BCUT2D eigenvalue weighted by molar-refractivity contribution is 0.234. The second-order valence-corrected chi connectivity index (χ2v) is 22.8. The number of benzene rings is 2. The molecule has 2 aliphatic carbocycles. The molecule has 2 fully saturated rings. The van der Waals surface area contributed by atoms with Crippen molar-refractivity contribution in [3.05, 3.63) is 96.3 Å². The van der Waals surface area contributed by atoms with Crippen molar-refractivity contribution in [3.8, 4) is 45.3 Å². The second kappa shape index (κ2) is 24.5. The third kappa shape index (κ3) is 14.4. The highest BCUT2D eigenvalue weighted by molar-refractivity contribution is 8.13. The van der Waals surface area contributed by atoms with E-state index in [1.807, 2.05) is 16.7 Å². The molecule has 6 aromatic rings. The Morgan fingerprint density at radius 3 is 1.40 bits per heavy atom. The summed E-state index contributed by atoms with van der Waals surface area (Å²) in [6.07, 6.45) is 15.4. The zero-order chi connectivity index (χ0) is 51.6. The first-order valence-electron chi connectivity index (χ1n) is 24.5. The van der Waals surface area contributed by atoms with E-state index in [9.17, 15) is 30.7 Å². The van der Waals surface area contributed by atoms with Gasteiger partial charge in [0.05, 0.1) is 72.0 Å². The van der Waals surface area contributed by atoms with Crippen molar-refractivity contribution >= 4 is 41.7 Å². The minimum Gasteiger partial charge on any atom is -0.394 e. The number of hydrogen-bond donors (Lipinski definition) is 3. The Morgan fingerprint density at radius 2 is 1.06 bits per heavy atom. The summed E-state index contributed by atoms with van der Waals surface area (Å²) in [6.45, 7) is 10.2. The Morgan fingerprint density at radius 1 is 0.653 bits per heavy atom. The quantitative estimate of drug-likeness (QED) is 0.0648. The maximum Gasteiger partial charge on any atom is 0.264 e. The van der Waals surface area contributed by atoms with E-state index in [0.29, 0.717) is 48.2 Å². The molecule has 22 heteroatoms. The molecule has 0 bridgehead atoms. The number of aryl methyl sites for hydroxylation is 2. The van der Waals surface area contributed by atoms with Crippen molar-refractivity contribution < 1.29 is 34.9 Å². The van der Waals surface area contributed by atoms with E-state index < -0.39 is 19.2 Å². The van der Waals surface area contributed by atoms with Crippen molar-refractivity contribution in [1.82, 2.24) is 43.9 Å². The van der Waals surface area contributed by atoms with Crippen LogP contribution in [0.3, 0.4) is 0 Å². The SMILES string of the molecule is CCN(CC)CC.CS(=O)(=O)Cl.CS(=O)(=O)OC[C@@H]1CCc2nc(-c3ccc(F)cc3)c(-c3ccnc(NC4CCC4)n3)n21.OC[C@@H]1CCc2nc(-c3ccc(F)cc3)c(-c3ccnc(NC4CCC4)n3)n21. The Bertz CT molecular complexity index is 2960. The number of aliphatic hydroxyl groups is 1. The highest BCUT2D eigenvalue weighted by atomic mass is 35.7. The molecule has 388 valence electrons. The van der Waals surface area contributed by atoms with Gasteiger partial charge in [-0.05, 0) is 132 Å². The normalized spacial score (nSPS) is 17.2. The molecule has 0 unspecified atom stereocenters. The van der Waals surface area contributed by atoms with Crippen LogP contribution in [0.1, 0.15) is 95.9 Å². The van der Waals surface area contributed by atoms with Crippen molar-refractivity contribution in [1.29, 1.82) is 0 Å². The lowest BCUT2D eigenvalue weighted by Crippen LogP contribution is -2.28. The summed E-state index contributed by atoms with van der Waals surface area (Å²) >= 11 is 0. The maximum atomic E-state index is 13.5. The van der Waals surface area contributed by atoms with Gasteiger partial charge in [0.2, 0.25) is 20.9 Å². The molecular formula is C50H64ClF2N11O6S2. The van der Waals surface area contributed by atoms with Crippen LogP contribution in [0.25, 0.3) is 45.3 Å². The molecule has 2 aliphatic heterocycles. The Hall–Kier alpha value is -5.45. The molecule has 10 rings (SSSR count). The summed E-state index contributed by atoms with van der Waals surface area (Å²) in [6, 6.07) is 16.8. The molecule has 4 aromatic heterocycles. The molecule has 6 heterocycles. The van der Waals surface area contributed by atoms with Crippen molar-refractivity contribution in [3.63, 3.8) is 0 Å². The first kappa shape index (κ1) is 54.3. The third-order valence-electron chi connectivity index (χ3n) is 13.0. The van der Waals surface area contributed by atoms with Crippen LogP contribution in [-0.4, -0.2) is 123 Å². The summed E-state index contributed by atoms with van der Waals surface area (Å²) in [5, 5.41) is 16.6. The van der Waals surface area contributed by atoms with Crippen molar-refractivity contribution in [2.75, 3.05) is 56.0 Å². The Balaban J connectivity index is 0.000000173. The number of fused-ring (bicyclic) bond motifs is 2. The van der Waals surface area contributed by atoms with Gasteiger partial charge in [0.15, 0.2) is 0 Å². The highest BCUT2D eigenvalue weighted by Gasteiger charge is 2.33. The van der Waals surface area contributed by atoms with Gasteiger partial charge in [-0.3, -0.25) is 4.18 Å². The number of nitrogens with zero attached hydrogens (tertiary/aromatic N) is 9. The van der Waals surface area contributed by atoms with Crippen LogP contribution in [0, 0.1) is 11.6 Å². The van der Waals surface area contributed by atoms with Gasteiger partial charge in [-0.2, -0.15) is 8.42 Å². The number of halogens is 3. The summed E-state index contributed by atoms with van der Waals surface area (Å²) in [4.78, 5) is 30.3. The summed E-state index contributed by atoms with van der Waals surface area (Å²) in [5.74, 6) is 2.32. The standard InChI is InChI=1S/C22H24FN5O3S.C21H22FN5O.C6H15N.CH3ClO2S/c1-32(29,30)31-13-17-9-10-19-27-20(14-5-7-15(23)8-6-14)21(28(17)19)18-11-12-24-22(26-18)25-16-3-2-4-16;22-14-6-4-13(5-7-14)19-20(27-16(12-28)8-9-18(27)26-19)17-10-11-23-21(25-17)24-15-2-1-3-15;1-4-7(5-2)6-3;1-5(2,3)4/h5-8,11-12,16-17H,2-4,9-10,13H2,1H3,(H,24,25,26);4-7,10-11,15-16,28H,1-3,8-9,12H2,(H,23,24,25);4-6H2,1-3H3;1H3/t17-;16-;;/m00../s1. The van der Waals surface area contributed by atoms with Gasteiger partial charge < -0.3 is 29.8 Å². The molecule has 0 spiro atoms. The van der Waals surface area contributed by atoms with E-state index in [0.717, 1.165) is 96.6 Å². The molecule has 3 N–H and O–H groups in total. The van der Waals surface area contributed by atoms with E-state index in [1.54, 1.807) is 36.7 Å². The van der Waals surface area contributed by atoms with Crippen LogP contribution < -0.4 is 10.6 Å². The molecule has 17 nitrogen and oxygen atoms in total. The number of aromatic nitrogens is 8. The molecule has 72 heavy (non-hydrogen) atoms. The lowest BCUT2D eigenvalue weighted by atomic mass is 9.93. The largest absolute Gasteiger partial charge is 0.394 e. The minimum atomic E-state index is -3.57. The van der Waals surface area contributed by atoms with Crippen molar-refractivity contribution in [2.45, 2.75) is 109 Å². The number of nitrogens with one attached hydrogen (secondary N) is 2.